The van der Waals surface area contributed by atoms with Gasteiger partial charge in [0.05, 0.1) is 16.9 Å². The van der Waals surface area contributed by atoms with Crippen molar-refractivity contribution in [2.75, 3.05) is 13.2 Å². The molecule has 3 rings (SSSR count). The van der Waals surface area contributed by atoms with Gasteiger partial charge in [-0.05, 0) is 36.4 Å². The van der Waals surface area contributed by atoms with Gasteiger partial charge < -0.3 is 15.2 Å². The maximum Gasteiger partial charge on any atom is 0.261 e. The predicted molar refractivity (Wildman–Crippen MR) is 93.3 cm³/mol. The van der Waals surface area contributed by atoms with Crippen LogP contribution in [-0.4, -0.2) is 29.1 Å². The van der Waals surface area contributed by atoms with E-state index in [1.54, 1.807) is 12.3 Å². The number of aliphatic hydroxyl groups is 1. The number of rotatable bonds is 5. The Morgan fingerprint density at radius 2 is 2.09 bits per heavy atom. The topological polar surface area (TPSA) is 71.5 Å². The first-order valence-corrected chi connectivity index (χ1v) is 8.49. The van der Waals surface area contributed by atoms with E-state index in [1.165, 1.54) is 11.3 Å². The van der Waals surface area contributed by atoms with Crippen molar-refractivity contribution in [1.82, 2.24) is 10.3 Å². The molecule has 0 spiro atoms. The van der Waals surface area contributed by atoms with E-state index in [0.717, 1.165) is 14.6 Å². The largest absolute Gasteiger partial charge is 0.438 e. The number of hydrogen-bond acceptors (Lipinski definition) is 5. The number of ether oxygens (including phenoxy) is 1. The van der Waals surface area contributed by atoms with Gasteiger partial charge in [-0.25, -0.2) is 4.98 Å². The second-order valence-corrected chi connectivity index (χ2v) is 6.67. The number of amides is 1. The summed E-state index contributed by atoms with van der Waals surface area (Å²) in [4.78, 5) is 16.8. The highest BCUT2D eigenvalue weighted by Crippen LogP contribution is 2.33. The zero-order chi connectivity index (χ0) is 16.2. The van der Waals surface area contributed by atoms with E-state index in [2.05, 4.69) is 26.2 Å². The van der Waals surface area contributed by atoms with Crippen LogP contribution in [0.2, 0.25) is 0 Å². The Hall–Kier alpha value is -1.96. The number of hydrogen-bond donors (Lipinski definition) is 2. The molecule has 0 aliphatic rings. The van der Waals surface area contributed by atoms with Gasteiger partial charge in [0.15, 0.2) is 0 Å². The molecule has 7 heteroatoms. The SMILES string of the molecule is O=C(NCCO)c1cc2c(Oc3ccc(Br)cc3)nccc2s1. The standard InChI is InChI=1S/C16H13BrN2O3S/c17-10-1-3-11(4-2-10)22-16-12-9-14(15(21)18-7-8-20)23-13(12)5-6-19-16/h1-6,9,20H,7-8H2,(H,18,21). The first-order chi connectivity index (χ1) is 11.2. The summed E-state index contributed by atoms with van der Waals surface area (Å²) in [6, 6.07) is 11.1. The van der Waals surface area contributed by atoms with Gasteiger partial charge in [-0.2, -0.15) is 0 Å². The molecule has 0 radical (unpaired) electrons. The van der Waals surface area contributed by atoms with Gasteiger partial charge in [0.1, 0.15) is 5.75 Å². The third-order valence-corrected chi connectivity index (χ3v) is 4.69. The fraction of sp³-hybridized carbons (Fsp3) is 0.125. The summed E-state index contributed by atoms with van der Waals surface area (Å²) in [5.74, 6) is 0.919. The van der Waals surface area contributed by atoms with Crippen LogP contribution in [0.3, 0.4) is 0 Å². The summed E-state index contributed by atoms with van der Waals surface area (Å²) in [6.07, 6.45) is 1.66. The summed E-state index contributed by atoms with van der Waals surface area (Å²) < 4.78 is 7.71. The van der Waals surface area contributed by atoms with E-state index in [0.29, 0.717) is 16.5 Å². The fourth-order valence-electron chi connectivity index (χ4n) is 2.00. The summed E-state index contributed by atoms with van der Waals surface area (Å²) in [5, 5.41) is 12.2. The summed E-state index contributed by atoms with van der Waals surface area (Å²) in [6.45, 7) is 0.143. The zero-order valence-electron chi connectivity index (χ0n) is 12.0. The molecule has 2 aromatic heterocycles. The van der Waals surface area contributed by atoms with E-state index in [1.807, 2.05) is 30.3 Å². The molecule has 23 heavy (non-hydrogen) atoms. The van der Waals surface area contributed by atoms with Crippen molar-refractivity contribution in [3.05, 3.63) is 51.9 Å². The van der Waals surface area contributed by atoms with Crippen molar-refractivity contribution in [2.24, 2.45) is 0 Å². The molecule has 0 bridgehead atoms. The Balaban J connectivity index is 1.90. The van der Waals surface area contributed by atoms with Crippen LogP contribution in [0.1, 0.15) is 9.67 Å². The molecule has 3 aromatic rings. The smallest absolute Gasteiger partial charge is 0.261 e. The van der Waals surface area contributed by atoms with E-state index < -0.39 is 0 Å². The molecule has 0 saturated carbocycles. The first-order valence-electron chi connectivity index (χ1n) is 6.88. The van der Waals surface area contributed by atoms with E-state index in [9.17, 15) is 4.79 Å². The highest BCUT2D eigenvalue weighted by atomic mass is 79.9. The summed E-state index contributed by atoms with van der Waals surface area (Å²) in [7, 11) is 0. The van der Waals surface area contributed by atoms with Crippen molar-refractivity contribution >= 4 is 43.3 Å². The Labute approximate surface area is 145 Å². The quantitative estimate of drug-likeness (QED) is 0.695. The van der Waals surface area contributed by atoms with Gasteiger partial charge in [-0.1, -0.05) is 15.9 Å². The van der Waals surface area contributed by atoms with Crippen LogP contribution in [0.5, 0.6) is 11.6 Å². The second kappa shape index (κ2) is 7.08. The maximum atomic E-state index is 12.0. The lowest BCUT2D eigenvalue weighted by molar-refractivity contribution is 0.0949. The van der Waals surface area contributed by atoms with E-state index in [4.69, 9.17) is 9.84 Å². The average molecular weight is 393 g/mol. The van der Waals surface area contributed by atoms with Crippen LogP contribution in [0.4, 0.5) is 0 Å². The van der Waals surface area contributed by atoms with Crippen molar-refractivity contribution in [1.29, 1.82) is 0 Å². The van der Waals surface area contributed by atoms with Crippen molar-refractivity contribution in [3.8, 4) is 11.6 Å². The van der Waals surface area contributed by atoms with Crippen molar-refractivity contribution in [3.63, 3.8) is 0 Å². The monoisotopic (exact) mass is 392 g/mol. The number of halogens is 1. The van der Waals surface area contributed by atoms with Gasteiger partial charge in [-0.15, -0.1) is 11.3 Å². The molecular weight excluding hydrogens is 380 g/mol. The van der Waals surface area contributed by atoms with Gasteiger partial charge in [0.2, 0.25) is 5.88 Å². The molecule has 1 aromatic carbocycles. The minimum absolute atomic E-state index is 0.0872. The number of fused-ring (bicyclic) bond motifs is 1. The van der Waals surface area contributed by atoms with Gasteiger partial charge in [-0.3, -0.25) is 4.79 Å². The van der Waals surface area contributed by atoms with Gasteiger partial charge in [0, 0.05) is 21.9 Å². The van der Waals surface area contributed by atoms with Gasteiger partial charge >= 0.3 is 0 Å². The number of aliphatic hydroxyl groups excluding tert-OH is 1. The highest BCUT2D eigenvalue weighted by molar-refractivity contribution is 9.10. The van der Waals surface area contributed by atoms with Crippen LogP contribution >= 0.6 is 27.3 Å². The third kappa shape index (κ3) is 3.69. The van der Waals surface area contributed by atoms with Gasteiger partial charge in [0.25, 0.3) is 5.91 Å². The fourth-order valence-corrected chi connectivity index (χ4v) is 3.23. The number of pyridine rings is 1. The van der Waals surface area contributed by atoms with Crippen LogP contribution in [-0.2, 0) is 0 Å². The molecule has 0 unspecified atom stereocenters. The number of carbonyl (C=O) groups excluding carboxylic acids is 1. The molecule has 5 nitrogen and oxygen atoms in total. The molecular formula is C16H13BrN2O3S. The van der Waals surface area contributed by atoms with E-state index in [-0.39, 0.29) is 19.1 Å². The molecule has 0 atom stereocenters. The lowest BCUT2D eigenvalue weighted by Gasteiger charge is -2.05. The Kier molecular flexibility index (Phi) is 4.90. The summed E-state index contributed by atoms with van der Waals surface area (Å²) >= 11 is 4.74. The molecule has 0 fully saturated rings. The van der Waals surface area contributed by atoms with Crippen LogP contribution in [0, 0.1) is 0 Å². The number of nitrogens with one attached hydrogen (secondary N) is 1. The normalized spacial score (nSPS) is 10.7. The number of thiophene rings is 1. The number of benzene rings is 1. The molecule has 2 N–H and O–H groups in total. The lowest BCUT2D eigenvalue weighted by Crippen LogP contribution is -2.25. The average Bonchev–Trinajstić information content (AvgIpc) is 3.00. The van der Waals surface area contributed by atoms with Crippen molar-refractivity contribution in [2.45, 2.75) is 0 Å². The van der Waals surface area contributed by atoms with Crippen LogP contribution in [0.25, 0.3) is 10.1 Å². The van der Waals surface area contributed by atoms with Crippen LogP contribution in [0.15, 0.2) is 47.1 Å². The molecule has 2 heterocycles. The molecule has 1 amide bonds. The Morgan fingerprint density at radius 3 is 2.83 bits per heavy atom. The Bertz CT molecular complexity index is 833. The number of aromatic nitrogens is 1. The van der Waals surface area contributed by atoms with Crippen LogP contribution < -0.4 is 10.1 Å². The molecule has 118 valence electrons. The van der Waals surface area contributed by atoms with E-state index >= 15 is 0 Å². The minimum atomic E-state index is -0.213. The van der Waals surface area contributed by atoms with Crippen molar-refractivity contribution < 1.29 is 14.6 Å². The maximum absolute atomic E-state index is 12.0. The predicted octanol–water partition coefficient (Wildman–Crippen LogP) is 3.57. The molecule has 0 saturated heterocycles. The molecule has 0 aliphatic carbocycles. The highest BCUT2D eigenvalue weighted by Gasteiger charge is 2.14. The molecule has 0 aliphatic heterocycles. The lowest BCUT2D eigenvalue weighted by atomic mass is 10.3. The first kappa shape index (κ1) is 15.9. The third-order valence-electron chi connectivity index (χ3n) is 3.06. The number of carbonyl (C=O) groups is 1. The second-order valence-electron chi connectivity index (χ2n) is 4.67. The zero-order valence-corrected chi connectivity index (χ0v) is 14.4. The summed E-state index contributed by atoms with van der Waals surface area (Å²) in [5.41, 5.74) is 0. The Morgan fingerprint density at radius 1 is 1.30 bits per heavy atom. The number of nitrogens with zero attached hydrogens (tertiary/aromatic N) is 1. The minimum Gasteiger partial charge on any atom is -0.438 e.